The van der Waals surface area contributed by atoms with Crippen LogP contribution in [0.1, 0.15) is 29.5 Å². The number of amides is 2. The lowest BCUT2D eigenvalue weighted by molar-refractivity contribution is -0.131. The third kappa shape index (κ3) is 5.34. The van der Waals surface area contributed by atoms with E-state index in [2.05, 4.69) is 48.2 Å². The highest BCUT2D eigenvalue weighted by molar-refractivity contribution is 8.13. The zero-order valence-corrected chi connectivity index (χ0v) is 22.8. The lowest BCUT2D eigenvalue weighted by Gasteiger charge is -2.36. The minimum atomic E-state index is -0.578. The average molecular weight is 538 g/mol. The third-order valence-electron chi connectivity index (χ3n) is 7.42. The van der Waals surface area contributed by atoms with Crippen LogP contribution in [0.25, 0.3) is 0 Å². The second kappa shape index (κ2) is 11.1. The van der Waals surface area contributed by atoms with Crippen LogP contribution in [0.5, 0.6) is 0 Å². The van der Waals surface area contributed by atoms with Crippen molar-refractivity contribution in [3.05, 3.63) is 95.6 Å². The minimum absolute atomic E-state index is 0.0867. The van der Waals surface area contributed by atoms with Gasteiger partial charge >= 0.3 is 0 Å². The zero-order valence-electron chi connectivity index (χ0n) is 22.0. The van der Waals surface area contributed by atoms with Crippen molar-refractivity contribution in [1.82, 2.24) is 9.80 Å². The number of carbonyl (C=O) groups excluding carboxylic acids is 2. The number of hydrogen-bond acceptors (Lipinski definition) is 6. The molecule has 7 nitrogen and oxygen atoms in total. The molecule has 1 atom stereocenters. The fourth-order valence-electron chi connectivity index (χ4n) is 5.19. The number of hydrogen-bond donors (Lipinski definition) is 0. The van der Waals surface area contributed by atoms with Gasteiger partial charge in [0.2, 0.25) is 5.91 Å². The van der Waals surface area contributed by atoms with E-state index in [1.54, 1.807) is 16.7 Å². The van der Waals surface area contributed by atoms with Gasteiger partial charge in [0.1, 0.15) is 11.9 Å². The number of fused-ring (bicyclic) bond motifs is 3. The lowest BCUT2D eigenvalue weighted by atomic mass is 10.1. The number of piperazine rings is 1. The number of para-hydroxylation sites is 2. The van der Waals surface area contributed by atoms with Gasteiger partial charge in [0.05, 0.1) is 5.69 Å². The molecule has 0 bridgehead atoms. The molecule has 3 aromatic carbocycles. The van der Waals surface area contributed by atoms with Crippen molar-refractivity contribution in [3.63, 3.8) is 0 Å². The summed E-state index contributed by atoms with van der Waals surface area (Å²) in [6, 6.07) is 25.9. The van der Waals surface area contributed by atoms with Crippen molar-refractivity contribution < 1.29 is 9.59 Å². The van der Waals surface area contributed by atoms with Crippen LogP contribution in [0.15, 0.2) is 88.8 Å². The molecule has 1 saturated heterocycles. The minimum Gasteiger partial charge on any atom is -0.368 e. The van der Waals surface area contributed by atoms with Gasteiger partial charge in [-0.15, -0.1) is 0 Å². The summed E-state index contributed by atoms with van der Waals surface area (Å²) in [7, 11) is 0. The zero-order chi connectivity index (χ0) is 26.8. The number of rotatable bonds is 6. The van der Waals surface area contributed by atoms with Crippen molar-refractivity contribution >= 4 is 46.0 Å². The number of aliphatic imine (C=N–C) groups is 2. The van der Waals surface area contributed by atoms with E-state index in [0.717, 1.165) is 24.3 Å². The molecule has 3 aliphatic heterocycles. The van der Waals surface area contributed by atoms with E-state index < -0.39 is 6.04 Å². The number of carbonyl (C=O) groups is 2. The lowest BCUT2D eigenvalue weighted by Crippen LogP contribution is -2.49. The Kier molecular flexibility index (Phi) is 7.20. The van der Waals surface area contributed by atoms with E-state index >= 15 is 0 Å². The first-order valence-electron chi connectivity index (χ1n) is 13.4. The summed E-state index contributed by atoms with van der Waals surface area (Å²) in [5, 5.41) is 0.642. The molecule has 0 saturated carbocycles. The molecular weight excluding hydrogens is 506 g/mol. The molecule has 0 N–H and O–H groups in total. The van der Waals surface area contributed by atoms with E-state index in [4.69, 9.17) is 9.98 Å². The molecule has 1 fully saturated rings. The Hall–Kier alpha value is -3.91. The number of nitrogens with zero attached hydrogens (tertiary/aromatic N) is 5. The Labute approximate surface area is 233 Å². The molecule has 39 heavy (non-hydrogen) atoms. The van der Waals surface area contributed by atoms with Crippen LogP contribution < -0.4 is 4.90 Å². The van der Waals surface area contributed by atoms with Crippen LogP contribution in [0.4, 0.5) is 11.4 Å². The molecule has 0 radical (unpaired) electrons. The highest BCUT2D eigenvalue weighted by Gasteiger charge is 2.41. The summed E-state index contributed by atoms with van der Waals surface area (Å²) >= 11 is 1.54. The molecule has 0 aromatic heterocycles. The first-order valence-corrected chi connectivity index (χ1v) is 14.4. The fraction of sp³-hybridized carbons (Fsp3) is 0.290. The standard InChI is InChI=1S/C31H31N5O2S/c1-22-11-13-23(14-12-22)21-39-31-33-26-10-6-5-9-25(26)29-32-27(30(38)36(29)31)15-16-28(37)35-19-17-34(18-20-35)24-7-3-2-4-8-24/h2-14,27H,15-21H2,1H3/t27-/m0/s1. The molecule has 6 rings (SSSR count). The van der Waals surface area contributed by atoms with Gasteiger partial charge in [-0.05, 0) is 43.2 Å². The van der Waals surface area contributed by atoms with Crippen molar-refractivity contribution in [3.8, 4) is 0 Å². The van der Waals surface area contributed by atoms with E-state index in [-0.39, 0.29) is 11.8 Å². The summed E-state index contributed by atoms with van der Waals surface area (Å²) in [6.45, 7) is 5.06. The molecule has 0 unspecified atom stereocenters. The SMILES string of the molecule is Cc1ccc(CSC2=Nc3ccccc3C3=N[C@@H](CCC(=O)N4CCN(c5ccccc5)CC4)C(=O)N23)cc1. The molecule has 2 amide bonds. The van der Waals surface area contributed by atoms with E-state index in [9.17, 15) is 9.59 Å². The molecule has 0 spiro atoms. The molecule has 3 aliphatic rings. The second-order valence-electron chi connectivity index (χ2n) is 10.1. The van der Waals surface area contributed by atoms with Crippen LogP contribution >= 0.6 is 11.8 Å². The summed E-state index contributed by atoms with van der Waals surface area (Å²) < 4.78 is 0. The number of thioether (sulfide) groups is 1. The predicted octanol–water partition coefficient (Wildman–Crippen LogP) is 5.02. The average Bonchev–Trinajstić information content (AvgIpc) is 3.32. The second-order valence-corrected chi connectivity index (χ2v) is 11.0. The number of amidine groups is 2. The van der Waals surface area contributed by atoms with Gasteiger partial charge < -0.3 is 9.80 Å². The van der Waals surface area contributed by atoms with E-state index in [1.807, 2.05) is 47.4 Å². The van der Waals surface area contributed by atoms with Gasteiger partial charge in [0.25, 0.3) is 5.91 Å². The van der Waals surface area contributed by atoms with E-state index in [1.165, 1.54) is 16.8 Å². The van der Waals surface area contributed by atoms with Crippen LogP contribution in [0.2, 0.25) is 0 Å². The summed E-state index contributed by atoms with van der Waals surface area (Å²) in [6.07, 6.45) is 0.700. The first-order chi connectivity index (χ1) is 19.1. The molecule has 3 aromatic rings. The normalized spacial score (nSPS) is 18.4. The maximum Gasteiger partial charge on any atom is 0.259 e. The van der Waals surface area contributed by atoms with Gasteiger partial charge in [-0.2, -0.15) is 0 Å². The highest BCUT2D eigenvalue weighted by Crippen LogP contribution is 2.35. The fourth-order valence-corrected chi connectivity index (χ4v) is 6.15. The Morgan fingerprint density at radius 1 is 0.923 bits per heavy atom. The largest absolute Gasteiger partial charge is 0.368 e. The molecule has 198 valence electrons. The van der Waals surface area contributed by atoms with Crippen LogP contribution in [-0.4, -0.2) is 64.8 Å². The molecular formula is C31H31N5O2S. The van der Waals surface area contributed by atoms with Gasteiger partial charge in [-0.3, -0.25) is 14.6 Å². The smallest absolute Gasteiger partial charge is 0.259 e. The Bertz CT molecular complexity index is 1430. The Morgan fingerprint density at radius 2 is 1.64 bits per heavy atom. The van der Waals surface area contributed by atoms with Crippen molar-refractivity contribution in [2.45, 2.75) is 31.6 Å². The quantitative estimate of drug-likeness (QED) is 0.443. The number of benzene rings is 3. The van der Waals surface area contributed by atoms with Crippen molar-refractivity contribution in [2.75, 3.05) is 31.1 Å². The molecule has 0 aliphatic carbocycles. The molecule has 3 heterocycles. The number of aryl methyl sites for hydroxylation is 1. The maximum atomic E-state index is 13.6. The van der Waals surface area contributed by atoms with Gasteiger partial charge in [-0.1, -0.05) is 71.9 Å². The summed E-state index contributed by atoms with van der Waals surface area (Å²) in [5.41, 5.74) is 5.25. The van der Waals surface area contributed by atoms with E-state index in [0.29, 0.717) is 42.7 Å². The summed E-state index contributed by atoms with van der Waals surface area (Å²) in [4.78, 5) is 42.2. The van der Waals surface area contributed by atoms with Crippen LogP contribution in [-0.2, 0) is 15.3 Å². The predicted molar refractivity (Wildman–Crippen MR) is 158 cm³/mol. The number of anilines is 1. The third-order valence-corrected chi connectivity index (χ3v) is 8.43. The monoisotopic (exact) mass is 537 g/mol. The molecule has 8 heteroatoms. The van der Waals surface area contributed by atoms with Crippen molar-refractivity contribution in [1.29, 1.82) is 0 Å². The van der Waals surface area contributed by atoms with Crippen LogP contribution in [0.3, 0.4) is 0 Å². The van der Waals surface area contributed by atoms with Gasteiger partial charge in [0.15, 0.2) is 5.17 Å². The Morgan fingerprint density at radius 3 is 2.41 bits per heavy atom. The van der Waals surface area contributed by atoms with Gasteiger partial charge in [0, 0.05) is 49.6 Å². The highest BCUT2D eigenvalue weighted by atomic mass is 32.2. The topological polar surface area (TPSA) is 68.6 Å². The first kappa shape index (κ1) is 25.4. The van der Waals surface area contributed by atoms with Gasteiger partial charge in [-0.25, -0.2) is 9.89 Å². The van der Waals surface area contributed by atoms with Crippen molar-refractivity contribution in [2.24, 2.45) is 9.98 Å². The maximum absolute atomic E-state index is 13.6. The summed E-state index contributed by atoms with van der Waals surface area (Å²) in [5.74, 6) is 1.34. The van der Waals surface area contributed by atoms with Crippen LogP contribution in [0, 0.1) is 6.92 Å². The Balaban J connectivity index is 1.11.